The number of hydrogen-bond acceptors (Lipinski definition) is 5. The Labute approximate surface area is 177 Å². The van der Waals surface area contributed by atoms with Crippen LogP contribution in [-0.4, -0.2) is 18.7 Å². The monoisotopic (exact) mass is 456 g/mol. The maximum atomic E-state index is 12.4. The molecule has 0 spiro atoms. The van der Waals surface area contributed by atoms with E-state index in [0.717, 1.165) is 0 Å². The number of nitrogens with one attached hydrogen (secondary N) is 3. The summed E-state index contributed by atoms with van der Waals surface area (Å²) < 4.78 is 31.9. The van der Waals surface area contributed by atoms with Gasteiger partial charge >= 0.3 is 0 Å². The Hall–Kier alpha value is -2.33. The molecule has 0 aliphatic carbocycles. The van der Waals surface area contributed by atoms with Gasteiger partial charge in [-0.05, 0) is 61.6 Å². The van der Waals surface area contributed by atoms with E-state index in [-0.39, 0.29) is 10.7 Å². The van der Waals surface area contributed by atoms with Crippen LogP contribution >= 0.6 is 35.4 Å². The lowest BCUT2D eigenvalue weighted by atomic mass is 10.3. The topological polar surface area (TPSA) is 96.3 Å². The van der Waals surface area contributed by atoms with Crippen molar-refractivity contribution in [1.82, 2.24) is 5.16 Å². The van der Waals surface area contributed by atoms with Gasteiger partial charge in [-0.25, -0.2) is 8.42 Å². The van der Waals surface area contributed by atoms with Crippen LogP contribution in [0.4, 0.5) is 17.2 Å². The van der Waals surface area contributed by atoms with Crippen LogP contribution in [0, 0.1) is 6.92 Å². The molecule has 0 atom stereocenters. The van der Waals surface area contributed by atoms with E-state index in [4.69, 9.17) is 39.9 Å². The van der Waals surface area contributed by atoms with Gasteiger partial charge in [0.2, 0.25) is 0 Å². The predicted molar refractivity (Wildman–Crippen MR) is 115 cm³/mol. The summed E-state index contributed by atoms with van der Waals surface area (Å²) in [5, 5.41) is 10.7. The maximum absolute atomic E-state index is 12.4. The number of nitrogens with zero attached hydrogens (tertiary/aromatic N) is 1. The molecule has 11 heteroatoms. The van der Waals surface area contributed by atoms with E-state index in [1.807, 2.05) is 0 Å². The summed E-state index contributed by atoms with van der Waals surface area (Å²) in [6.07, 6.45) is 0. The van der Waals surface area contributed by atoms with Crippen LogP contribution in [-0.2, 0) is 10.0 Å². The quantitative estimate of drug-likeness (QED) is 0.469. The second-order valence-corrected chi connectivity index (χ2v) is 8.57. The smallest absolute Gasteiger partial charge is 0.263 e. The minimum Gasteiger partial charge on any atom is -0.360 e. The molecule has 2 aromatic carbocycles. The summed E-state index contributed by atoms with van der Waals surface area (Å²) in [7, 11) is -3.78. The average molecular weight is 457 g/mol. The molecule has 0 fully saturated rings. The van der Waals surface area contributed by atoms with E-state index in [1.165, 1.54) is 18.2 Å². The highest BCUT2D eigenvalue weighted by atomic mass is 35.5. The summed E-state index contributed by atoms with van der Waals surface area (Å²) in [4.78, 5) is 0.0714. The first-order valence-electron chi connectivity index (χ1n) is 7.82. The highest BCUT2D eigenvalue weighted by Crippen LogP contribution is 2.25. The molecule has 0 saturated carbocycles. The third-order valence-electron chi connectivity index (χ3n) is 3.47. The fourth-order valence-corrected chi connectivity index (χ4v) is 3.71. The highest BCUT2D eigenvalue weighted by Gasteiger charge is 2.16. The summed E-state index contributed by atoms with van der Waals surface area (Å²) in [6.45, 7) is 1.67. The van der Waals surface area contributed by atoms with Crippen molar-refractivity contribution >= 4 is 67.7 Å². The maximum Gasteiger partial charge on any atom is 0.263 e. The highest BCUT2D eigenvalue weighted by molar-refractivity contribution is 7.92. The molecule has 0 bridgehead atoms. The van der Waals surface area contributed by atoms with Gasteiger partial charge in [-0.3, -0.25) is 4.72 Å². The van der Waals surface area contributed by atoms with Crippen molar-refractivity contribution in [3.63, 3.8) is 0 Å². The Morgan fingerprint density at radius 2 is 1.64 bits per heavy atom. The van der Waals surface area contributed by atoms with Crippen molar-refractivity contribution in [3.05, 3.63) is 64.3 Å². The van der Waals surface area contributed by atoms with Crippen LogP contribution in [0.2, 0.25) is 10.0 Å². The fraction of sp³-hybridized carbons (Fsp3) is 0.0588. The summed E-state index contributed by atoms with van der Waals surface area (Å²) in [5.74, 6) is 0.618. The van der Waals surface area contributed by atoms with Crippen LogP contribution in [0.15, 0.2) is 57.9 Å². The molecule has 3 aromatic rings. The van der Waals surface area contributed by atoms with Gasteiger partial charge in [-0.2, -0.15) is 0 Å². The zero-order valence-corrected chi connectivity index (χ0v) is 17.5. The van der Waals surface area contributed by atoms with Crippen molar-refractivity contribution in [3.8, 4) is 0 Å². The standard InChI is InChI=1S/C17H14Cl2N4O3S2/c1-10-8-16(22-26-10)23-28(24,25)13-5-2-11(3-6-13)20-17(27)21-12-4-7-14(18)15(19)9-12/h2-9H,1H3,(H,22,23)(H2,20,21,27). The molecule has 3 N–H and O–H groups in total. The molecule has 0 amide bonds. The first-order valence-corrected chi connectivity index (χ1v) is 10.5. The number of hydrogen-bond donors (Lipinski definition) is 3. The number of aromatic nitrogens is 1. The van der Waals surface area contributed by atoms with E-state index in [9.17, 15) is 8.42 Å². The van der Waals surface area contributed by atoms with E-state index in [1.54, 1.807) is 37.3 Å². The summed E-state index contributed by atoms with van der Waals surface area (Å²) in [5.41, 5.74) is 1.27. The zero-order chi connectivity index (χ0) is 20.3. The fourth-order valence-electron chi connectivity index (χ4n) is 2.20. The van der Waals surface area contributed by atoms with E-state index < -0.39 is 10.0 Å². The second kappa shape index (κ2) is 8.36. The summed E-state index contributed by atoms with van der Waals surface area (Å²) >= 11 is 17.1. The minimum absolute atomic E-state index is 0.0714. The Morgan fingerprint density at radius 1 is 1.00 bits per heavy atom. The van der Waals surface area contributed by atoms with Crippen molar-refractivity contribution in [2.45, 2.75) is 11.8 Å². The molecule has 0 aliphatic rings. The minimum atomic E-state index is -3.78. The third-order valence-corrected chi connectivity index (χ3v) is 5.78. The van der Waals surface area contributed by atoms with Crippen molar-refractivity contribution in [2.24, 2.45) is 0 Å². The van der Waals surface area contributed by atoms with E-state index >= 15 is 0 Å². The van der Waals surface area contributed by atoms with Crippen molar-refractivity contribution in [1.29, 1.82) is 0 Å². The number of thiocarbonyl (C=S) groups is 1. The van der Waals surface area contributed by atoms with Gasteiger partial charge in [0.05, 0.1) is 14.9 Å². The van der Waals surface area contributed by atoms with Gasteiger partial charge in [-0.1, -0.05) is 28.4 Å². The molecule has 3 rings (SSSR count). The van der Waals surface area contributed by atoms with Crippen LogP contribution < -0.4 is 15.4 Å². The van der Waals surface area contributed by atoms with Crippen LogP contribution in [0.5, 0.6) is 0 Å². The largest absolute Gasteiger partial charge is 0.360 e. The molecule has 0 saturated heterocycles. The Morgan fingerprint density at radius 3 is 2.25 bits per heavy atom. The van der Waals surface area contributed by atoms with E-state index in [0.29, 0.717) is 32.3 Å². The third kappa shape index (κ3) is 5.14. The first-order chi connectivity index (χ1) is 13.2. The van der Waals surface area contributed by atoms with Crippen molar-refractivity contribution < 1.29 is 12.9 Å². The molecular weight excluding hydrogens is 443 g/mol. The number of sulfonamides is 1. The number of anilines is 3. The average Bonchev–Trinajstić information content (AvgIpc) is 3.02. The zero-order valence-electron chi connectivity index (χ0n) is 14.4. The number of rotatable bonds is 5. The van der Waals surface area contributed by atoms with Crippen molar-refractivity contribution in [2.75, 3.05) is 15.4 Å². The van der Waals surface area contributed by atoms with Gasteiger partial charge in [0.25, 0.3) is 10.0 Å². The molecule has 28 heavy (non-hydrogen) atoms. The van der Waals surface area contributed by atoms with Crippen LogP contribution in [0.3, 0.4) is 0 Å². The molecule has 146 valence electrons. The first kappa shape index (κ1) is 20.4. The Kier molecular flexibility index (Phi) is 6.09. The SMILES string of the molecule is Cc1cc(NS(=O)(=O)c2ccc(NC(=S)Nc3ccc(Cl)c(Cl)c3)cc2)no1. The number of benzene rings is 2. The number of halogens is 2. The van der Waals surface area contributed by atoms with Gasteiger partial charge < -0.3 is 15.2 Å². The molecule has 7 nitrogen and oxygen atoms in total. The second-order valence-electron chi connectivity index (χ2n) is 5.66. The van der Waals surface area contributed by atoms with Gasteiger partial charge in [-0.15, -0.1) is 0 Å². The van der Waals surface area contributed by atoms with Gasteiger partial charge in [0.1, 0.15) is 5.76 Å². The predicted octanol–water partition coefficient (Wildman–Crippen LogP) is 4.90. The summed E-state index contributed by atoms with van der Waals surface area (Å²) in [6, 6.07) is 12.6. The Balaban J connectivity index is 1.64. The lowest BCUT2D eigenvalue weighted by Gasteiger charge is -2.12. The van der Waals surface area contributed by atoms with Gasteiger partial charge in [0.15, 0.2) is 10.9 Å². The molecule has 0 unspecified atom stereocenters. The van der Waals surface area contributed by atoms with Gasteiger partial charge in [0, 0.05) is 17.4 Å². The molecular formula is C17H14Cl2N4O3S2. The molecule has 1 heterocycles. The lowest BCUT2D eigenvalue weighted by molar-refractivity contribution is 0.400. The number of aryl methyl sites for hydroxylation is 1. The molecule has 0 radical (unpaired) electrons. The van der Waals surface area contributed by atoms with Crippen LogP contribution in [0.1, 0.15) is 5.76 Å². The normalized spacial score (nSPS) is 11.1. The van der Waals surface area contributed by atoms with Crippen LogP contribution in [0.25, 0.3) is 0 Å². The lowest BCUT2D eigenvalue weighted by Crippen LogP contribution is -2.19. The van der Waals surface area contributed by atoms with E-state index in [2.05, 4.69) is 20.5 Å². The molecule has 0 aliphatic heterocycles. The Bertz CT molecular complexity index is 1120. The molecule has 1 aromatic heterocycles.